The molecule has 146 valence electrons. The lowest BCUT2D eigenvalue weighted by Gasteiger charge is -2.42. The number of hydrogen-bond donors (Lipinski definition) is 0. The van der Waals surface area contributed by atoms with Gasteiger partial charge in [-0.15, -0.1) is 0 Å². The number of likely N-dealkylation sites (tertiary alicyclic amines) is 1. The largest absolute Gasteiger partial charge is 0.381 e. The predicted octanol–water partition coefficient (Wildman–Crippen LogP) is 3.39. The second-order valence-corrected chi connectivity index (χ2v) is 8.71. The summed E-state index contributed by atoms with van der Waals surface area (Å²) in [7, 11) is 1.99. The van der Waals surface area contributed by atoms with Crippen molar-refractivity contribution in [2.45, 2.75) is 63.5 Å². The molecule has 1 aromatic rings. The first kappa shape index (κ1) is 18.5. The van der Waals surface area contributed by atoms with E-state index in [0.29, 0.717) is 5.92 Å². The van der Waals surface area contributed by atoms with Gasteiger partial charge in [-0.1, -0.05) is 12.8 Å². The third-order valence-electron chi connectivity index (χ3n) is 6.91. The Bertz CT molecular complexity index is 559. The van der Waals surface area contributed by atoms with Crippen molar-refractivity contribution in [3.05, 3.63) is 18.0 Å². The van der Waals surface area contributed by atoms with Gasteiger partial charge < -0.3 is 9.47 Å². The number of ether oxygens (including phenoxy) is 2. The molecule has 3 heterocycles. The first-order valence-corrected chi connectivity index (χ1v) is 10.7. The first-order valence-electron chi connectivity index (χ1n) is 10.7. The lowest BCUT2D eigenvalue weighted by Crippen LogP contribution is -2.47. The Balaban J connectivity index is 1.21. The molecule has 5 heteroatoms. The zero-order valence-electron chi connectivity index (χ0n) is 16.4. The second kappa shape index (κ2) is 8.41. The summed E-state index contributed by atoms with van der Waals surface area (Å²) in [6.45, 7) is 6.13. The fraction of sp³-hybridized carbons (Fsp3) is 0.857. The third kappa shape index (κ3) is 4.32. The van der Waals surface area contributed by atoms with E-state index in [1.54, 1.807) is 0 Å². The van der Waals surface area contributed by atoms with Gasteiger partial charge in [-0.05, 0) is 50.4 Å². The molecule has 0 unspecified atom stereocenters. The topological polar surface area (TPSA) is 39.5 Å². The summed E-state index contributed by atoms with van der Waals surface area (Å²) >= 11 is 0. The van der Waals surface area contributed by atoms with E-state index in [9.17, 15) is 0 Å². The molecule has 0 radical (unpaired) electrons. The number of rotatable bonds is 7. The van der Waals surface area contributed by atoms with Crippen LogP contribution in [0.2, 0.25) is 0 Å². The molecule has 0 aromatic carbocycles. The lowest BCUT2D eigenvalue weighted by molar-refractivity contribution is -0.0734. The van der Waals surface area contributed by atoms with Gasteiger partial charge in [0.15, 0.2) is 0 Å². The van der Waals surface area contributed by atoms with Crippen molar-refractivity contribution in [3.8, 4) is 0 Å². The summed E-state index contributed by atoms with van der Waals surface area (Å²) in [5, 5.41) is 4.29. The monoisotopic (exact) mass is 361 g/mol. The minimum absolute atomic E-state index is 0.127. The highest BCUT2D eigenvalue weighted by Gasteiger charge is 2.45. The molecule has 2 saturated heterocycles. The van der Waals surface area contributed by atoms with Crippen LogP contribution in [0, 0.1) is 11.8 Å². The van der Waals surface area contributed by atoms with Crippen LogP contribution in [0.3, 0.4) is 0 Å². The van der Waals surface area contributed by atoms with Crippen molar-refractivity contribution in [1.29, 1.82) is 0 Å². The van der Waals surface area contributed by atoms with Gasteiger partial charge in [0, 0.05) is 58.3 Å². The molecule has 1 aromatic heterocycles. The average Bonchev–Trinajstić information content (AvgIpc) is 3.37. The van der Waals surface area contributed by atoms with Gasteiger partial charge in [0.2, 0.25) is 0 Å². The predicted molar refractivity (Wildman–Crippen MR) is 102 cm³/mol. The van der Waals surface area contributed by atoms with Crippen molar-refractivity contribution in [3.63, 3.8) is 0 Å². The third-order valence-corrected chi connectivity index (χ3v) is 6.91. The Morgan fingerprint density at radius 3 is 2.77 bits per heavy atom. The Kier molecular flexibility index (Phi) is 5.97. The van der Waals surface area contributed by atoms with Crippen LogP contribution in [-0.4, -0.2) is 53.2 Å². The van der Waals surface area contributed by atoms with Crippen molar-refractivity contribution >= 4 is 0 Å². The van der Waals surface area contributed by atoms with E-state index in [0.717, 1.165) is 45.4 Å². The van der Waals surface area contributed by atoms with E-state index in [2.05, 4.69) is 16.2 Å². The van der Waals surface area contributed by atoms with E-state index in [1.807, 2.05) is 17.9 Å². The zero-order chi connectivity index (χ0) is 17.8. The molecule has 0 amide bonds. The van der Waals surface area contributed by atoms with Gasteiger partial charge >= 0.3 is 0 Å². The number of aryl methyl sites for hydroxylation is 1. The van der Waals surface area contributed by atoms with Crippen LogP contribution in [0.5, 0.6) is 0 Å². The fourth-order valence-electron chi connectivity index (χ4n) is 5.30. The van der Waals surface area contributed by atoms with Crippen LogP contribution in [0.25, 0.3) is 0 Å². The highest BCUT2D eigenvalue weighted by atomic mass is 16.5. The van der Waals surface area contributed by atoms with Crippen LogP contribution in [0.15, 0.2) is 12.4 Å². The zero-order valence-corrected chi connectivity index (χ0v) is 16.4. The SMILES string of the molecule is Cn1cc(CN2CCC3(CC2)OCC[C@H]3CCOCC2CCCC2)cn1. The van der Waals surface area contributed by atoms with Gasteiger partial charge in [0.05, 0.1) is 11.8 Å². The molecule has 5 nitrogen and oxygen atoms in total. The standard InChI is InChI=1S/C21H35N3O2/c1-23-15-19(14-22-23)16-24-10-8-21(9-11-24)20(7-13-26-21)6-12-25-17-18-4-2-3-5-18/h14-15,18,20H,2-13,16-17H2,1H3/t20-/m1/s1. The minimum atomic E-state index is 0.127. The smallest absolute Gasteiger partial charge is 0.0736 e. The van der Waals surface area contributed by atoms with Crippen LogP contribution in [0.1, 0.15) is 56.9 Å². The van der Waals surface area contributed by atoms with E-state index < -0.39 is 0 Å². The Morgan fingerprint density at radius 1 is 1.23 bits per heavy atom. The summed E-state index contributed by atoms with van der Waals surface area (Å²) in [4.78, 5) is 2.55. The summed E-state index contributed by atoms with van der Waals surface area (Å²) in [6, 6.07) is 0. The maximum atomic E-state index is 6.33. The Labute approximate surface area is 158 Å². The molecule has 26 heavy (non-hydrogen) atoms. The lowest BCUT2D eigenvalue weighted by atomic mass is 9.78. The summed E-state index contributed by atoms with van der Waals surface area (Å²) in [5.41, 5.74) is 1.44. The highest BCUT2D eigenvalue weighted by molar-refractivity contribution is 5.05. The quantitative estimate of drug-likeness (QED) is 0.698. The molecule has 1 spiro atoms. The van der Waals surface area contributed by atoms with Crippen LogP contribution in [0.4, 0.5) is 0 Å². The van der Waals surface area contributed by atoms with Crippen LogP contribution < -0.4 is 0 Å². The van der Waals surface area contributed by atoms with Gasteiger partial charge in [-0.25, -0.2) is 0 Å². The van der Waals surface area contributed by atoms with Crippen LogP contribution in [-0.2, 0) is 23.1 Å². The summed E-state index contributed by atoms with van der Waals surface area (Å²) < 4.78 is 14.3. The van der Waals surface area contributed by atoms with Gasteiger partial charge in [-0.2, -0.15) is 5.10 Å². The van der Waals surface area contributed by atoms with Crippen molar-refractivity contribution < 1.29 is 9.47 Å². The normalized spacial score (nSPS) is 26.9. The Hall–Kier alpha value is -0.910. The number of nitrogens with zero attached hydrogens (tertiary/aromatic N) is 3. The molecular weight excluding hydrogens is 326 g/mol. The first-order chi connectivity index (χ1) is 12.7. The van der Waals surface area contributed by atoms with E-state index >= 15 is 0 Å². The molecule has 1 atom stereocenters. The highest BCUT2D eigenvalue weighted by Crippen LogP contribution is 2.42. The molecule has 2 aliphatic heterocycles. The van der Waals surface area contributed by atoms with Gasteiger partial charge in [0.1, 0.15) is 0 Å². The molecule has 1 aliphatic carbocycles. The molecule has 3 fully saturated rings. The number of hydrogen-bond acceptors (Lipinski definition) is 4. The molecule has 3 aliphatic rings. The molecular formula is C21H35N3O2. The minimum Gasteiger partial charge on any atom is -0.381 e. The Morgan fingerprint density at radius 2 is 2.04 bits per heavy atom. The maximum absolute atomic E-state index is 6.33. The molecule has 4 rings (SSSR count). The van der Waals surface area contributed by atoms with Crippen molar-refractivity contribution in [2.24, 2.45) is 18.9 Å². The number of piperidine rings is 1. The van der Waals surface area contributed by atoms with Crippen molar-refractivity contribution in [2.75, 3.05) is 32.9 Å². The summed E-state index contributed by atoms with van der Waals surface area (Å²) in [6.07, 6.45) is 14.4. The summed E-state index contributed by atoms with van der Waals surface area (Å²) in [5.74, 6) is 1.52. The second-order valence-electron chi connectivity index (χ2n) is 8.71. The molecule has 1 saturated carbocycles. The van der Waals surface area contributed by atoms with E-state index in [1.165, 1.54) is 56.9 Å². The fourth-order valence-corrected chi connectivity index (χ4v) is 5.30. The van der Waals surface area contributed by atoms with Crippen molar-refractivity contribution in [1.82, 2.24) is 14.7 Å². The van der Waals surface area contributed by atoms with Gasteiger partial charge in [-0.3, -0.25) is 9.58 Å². The van der Waals surface area contributed by atoms with E-state index in [4.69, 9.17) is 9.47 Å². The van der Waals surface area contributed by atoms with E-state index in [-0.39, 0.29) is 5.60 Å². The maximum Gasteiger partial charge on any atom is 0.0736 e. The molecule has 0 bridgehead atoms. The van der Waals surface area contributed by atoms with Gasteiger partial charge in [0.25, 0.3) is 0 Å². The number of aromatic nitrogens is 2. The van der Waals surface area contributed by atoms with Crippen LogP contribution >= 0.6 is 0 Å². The average molecular weight is 362 g/mol. The molecule has 0 N–H and O–H groups in total.